The highest BCUT2D eigenvalue weighted by atomic mass is 16.5. The summed E-state index contributed by atoms with van der Waals surface area (Å²) in [5, 5.41) is 19.8. The van der Waals surface area contributed by atoms with Gasteiger partial charge in [0.1, 0.15) is 34.8 Å². The monoisotopic (exact) mass is 510 g/mol. The number of nitrogens with zero attached hydrogens (tertiary/aromatic N) is 2. The number of nitriles is 2. The molecule has 0 unspecified atom stereocenters. The molecule has 1 aromatic rings. The Bertz CT molecular complexity index is 1380. The third-order valence-electron chi connectivity index (χ3n) is 7.75. The zero-order chi connectivity index (χ0) is 27.6. The van der Waals surface area contributed by atoms with E-state index >= 15 is 0 Å². The summed E-state index contributed by atoms with van der Waals surface area (Å²) in [5.41, 5.74) is 14.4. The van der Waals surface area contributed by atoms with E-state index in [1.54, 1.807) is 0 Å². The largest absolute Gasteiger partial charge is 0.444 e. The third kappa shape index (κ3) is 4.07. The van der Waals surface area contributed by atoms with Crippen LogP contribution in [0, 0.1) is 33.5 Å². The van der Waals surface area contributed by atoms with Gasteiger partial charge in [-0.2, -0.15) is 10.5 Å². The van der Waals surface area contributed by atoms with E-state index in [9.17, 15) is 20.1 Å². The lowest BCUT2D eigenvalue weighted by molar-refractivity contribution is -0.119. The molecular weight excluding hydrogens is 480 g/mol. The summed E-state index contributed by atoms with van der Waals surface area (Å²) < 4.78 is 11.6. The first-order valence-electron chi connectivity index (χ1n) is 12.6. The average Bonchev–Trinajstić information content (AvgIpc) is 2.81. The Morgan fingerprint density at radius 1 is 0.711 bits per heavy atom. The molecule has 1 aromatic carbocycles. The van der Waals surface area contributed by atoms with Crippen LogP contribution in [0.1, 0.15) is 76.3 Å². The quantitative estimate of drug-likeness (QED) is 0.586. The maximum atomic E-state index is 13.3. The number of benzene rings is 1. The van der Waals surface area contributed by atoms with Crippen molar-refractivity contribution in [3.05, 3.63) is 81.0 Å². The molecule has 0 fully saturated rings. The molecule has 4 N–H and O–H groups in total. The molecule has 0 spiro atoms. The van der Waals surface area contributed by atoms with Crippen LogP contribution in [-0.4, -0.2) is 11.6 Å². The zero-order valence-electron chi connectivity index (χ0n) is 22.0. The van der Waals surface area contributed by atoms with Crippen molar-refractivity contribution in [1.82, 2.24) is 0 Å². The van der Waals surface area contributed by atoms with Crippen LogP contribution in [0.2, 0.25) is 0 Å². The minimum absolute atomic E-state index is 0.00273. The van der Waals surface area contributed by atoms with E-state index < -0.39 is 11.8 Å². The van der Waals surface area contributed by atoms with Crippen LogP contribution in [0.4, 0.5) is 0 Å². The lowest BCUT2D eigenvalue weighted by atomic mass is 9.69. The Labute approximate surface area is 221 Å². The molecule has 8 heteroatoms. The maximum absolute atomic E-state index is 13.3. The Kier molecular flexibility index (Phi) is 5.76. The molecule has 0 aromatic heterocycles. The van der Waals surface area contributed by atoms with E-state index in [2.05, 4.69) is 12.1 Å². The van der Waals surface area contributed by atoms with Crippen LogP contribution in [0.15, 0.2) is 69.8 Å². The molecule has 8 nitrogen and oxygen atoms in total. The van der Waals surface area contributed by atoms with Gasteiger partial charge in [-0.05, 0) is 22.0 Å². The van der Waals surface area contributed by atoms with Gasteiger partial charge in [0.25, 0.3) is 0 Å². The van der Waals surface area contributed by atoms with Gasteiger partial charge in [-0.15, -0.1) is 0 Å². The topological polar surface area (TPSA) is 152 Å². The van der Waals surface area contributed by atoms with Gasteiger partial charge >= 0.3 is 0 Å². The van der Waals surface area contributed by atoms with Gasteiger partial charge in [0, 0.05) is 36.8 Å². The summed E-state index contributed by atoms with van der Waals surface area (Å²) in [6.45, 7) is 7.99. The van der Waals surface area contributed by atoms with Crippen molar-refractivity contribution in [3.63, 3.8) is 0 Å². The average molecular weight is 511 g/mol. The zero-order valence-corrected chi connectivity index (χ0v) is 22.0. The standard InChI is InChI=1S/C30H30N4O4/c1-29(2)9-19(35)25-21(11-29)37-27(33)17(13-31)23(25)15-5-7-16(8-6-15)24-18(14-32)28(34)38-22-12-30(3,4)10-20(36)26(22)24/h5-8,23-24H,9-12,33-34H2,1-4H3/t23-,24+. The van der Waals surface area contributed by atoms with E-state index in [-0.39, 0.29) is 45.3 Å². The molecule has 2 aliphatic carbocycles. The normalized spacial score (nSPS) is 26.2. The van der Waals surface area contributed by atoms with E-state index in [0.717, 1.165) is 0 Å². The third-order valence-corrected chi connectivity index (χ3v) is 7.75. The molecule has 38 heavy (non-hydrogen) atoms. The van der Waals surface area contributed by atoms with Gasteiger partial charge < -0.3 is 20.9 Å². The number of hydrogen-bond acceptors (Lipinski definition) is 8. The van der Waals surface area contributed by atoms with E-state index in [0.29, 0.717) is 59.5 Å². The number of Topliss-reactive ketones (excluding diaryl/α,β-unsaturated/α-hetero) is 2. The van der Waals surface area contributed by atoms with E-state index in [1.165, 1.54) is 0 Å². The summed E-state index contributed by atoms with van der Waals surface area (Å²) in [4.78, 5) is 26.5. The number of carbonyl (C=O) groups excluding carboxylic acids is 2. The van der Waals surface area contributed by atoms with Crippen LogP contribution in [-0.2, 0) is 19.1 Å². The Morgan fingerprint density at radius 3 is 1.37 bits per heavy atom. The number of allylic oxidation sites excluding steroid dienone is 6. The van der Waals surface area contributed by atoms with Gasteiger partial charge in [0.05, 0.1) is 11.8 Å². The first-order valence-corrected chi connectivity index (χ1v) is 12.6. The van der Waals surface area contributed by atoms with Crippen LogP contribution >= 0.6 is 0 Å². The predicted molar refractivity (Wildman–Crippen MR) is 138 cm³/mol. The Hall–Kier alpha value is -4.30. The second-order valence-corrected chi connectivity index (χ2v) is 12.1. The summed E-state index contributed by atoms with van der Waals surface area (Å²) >= 11 is 0. The number of ketones is 2. The molecule has 2 atom stereocenters. The van der Waals surface area contributed by atoms with Crippen molar-refractivity contribution in [1.29, 1.82) is 10.5 Å². The first kappa shape index (κ1) is 25.4. The minimum atomic E-state index is -0.654. The number of carbonyl (C=O) groups is 2. The van der Waals surface area contributed by atoms with E-state index in [4.69, 9.17) is 20.9 Å². The highest BCUT2D eigenvalue weighted by Gasteiger charge is 2.45. The summed E-state index contributed by atoms with van der Waals surface area (Å²) in [6.07, 6.45) is 1.76. The van der Waals surface area contributed by atoms with Crippen LogP contribution in [0.5, 0.6) is 0 Å². The fraction of sp³-hybridized carbons (Fsp3) is 0.400. The highest BCUT2D eigenvalue weighted by molar-refractivity contribution is 6.00. The van der Waals surface area contributed by atoms with Gasteiger partial charge in [0.15, 0.2) is 11.6 Å². The second kappa shape index (κ2) is 8.63. The molecule has 4 aliphatic rings. The highest BCUT2D eigenvalue weighted by Crippen LogP contribution is 2.50. The van der Waals surface area contributed by atoms with E-state index in [1.807, 2.05) is 52.0 Å². The van der Waals surface area contributed by atoms with Gasteiger partial charge in [-0.3, -0.25) is 9.59 Å². The van der Waals surface area contributed by atoms with Crippen LogP contribution in [0.25, 0.3) is 0 Å². The van der Waals surface area contributed by atoms with Gasteiger partial charge in [-0.1, -0.05) is 52.0 Å². The summed E-state index contributed by atoms with van der Waals surface area (Å²) in [7, 11) is 0. The lowest BCUT2D eigenvalue weighted by Crippen LogP contribution is -2.34. The molecule has 0 amide bonds. The molecule has 0 saturated heterocycles. The molecule has 5 rings (SSSR count). The van der Waals surface area contributed by atoms with Crippen molar-refractivity contribution in [2.75, 3.05) is 0 Å². The molecule has 0 radical (unpaired) electrons. The first-order chi connectivity index (χ1) is 17.9. The Morgan fingerprint density at radius 2 is 1.05 bits per heavy atom. The number of hydrogen-bond donors (Lipinski definition) is 2. The van der Waals surface area contributed by atoms with Crippen LogP contribution < -0.4 is 11.5 Å². The molecular formula is C30H30N4O4. The fourth-order valence-corrected chi connectivity index (χ4v) is 6.12. The van der Waals surface area contributed by atoms with Crippen molar-refractivity contribution in [3.8, 4) is 12.1 Å². The summed E-state index contributed by atoms with van der Waals surface area (Å²) in [5.74, 6) is -0.419. The summed E-state index contributed by atoms with van der Waals surface area (Å²) in [6, 6.07) is 11.5. The maximum Gasteiger partial charge on any atom is 0.205 e. The van der Waals surface area contributed by atoms with Gasteiger partial charge in [-0.25, -0.2) is 0 Å². The molecule has 2 aliphatic heterocycles. The molecule has 2 heterocycles. The second-order valence-electron chi connectivity index (χ2n) is 12.1. The molecule has 0 saturated carbocycles. The fourth-order valence-electron chi connectivity index (χ4n) is 6.12. The minimum Gasteiger partial charge on any atom is -0.444 e. The van der Waals surface area contributed by atoms with Crippen molar-refractivity contribution >= 4 is 11.6 Å². The Balaban J connectivity index is 1.59. The van der Waals surface area contributed by atoms with Crippen molar-refractivity contribution < 1.29 is 19.1 Å². The van der Waals surface area contributed by atoms with Crippen molar-refractivity contribution in [2.24, 2.45) is 22.3 Å². The predicted octanol–water partition coefficient (Wildman–Crippen LogP) is 4.59. The number of rotatable bonds is 2. The smallest absolute Gasteiger partial charge is 0.205 e. The van der Waals surface area contributed by atoms with Crippen molar-refractivity contribution in [2.45, 2.75) is 65.2 Å². The SMILES string of the molecule is CC1(C)CC(=O)C2=C(C1)OC(N)=C(C#N)[C@H]2c1ccc([C@H]2C(C#N)=C(N)OC3=C2C(=O)CC(C)(C)C3)cc1. The van der Waals surface area contributed by atoms with Crippen LogP contribution in [0.3, 0.4) is 0 Å². The number of nitrogens with two attached hydrogens (primary N) is 2. The van der Waals surface area contributed by atoms with Gasteiger partial charge in [0.2, 0.25) is 11.8 Å². The molecule has 194 valence electrons. The lowest BCUT2D eigenvalue weighted by Gasteiger charge is -2.38. The molecule has 0 bridgehead atoms. The number of ether oxygens (including phenoxy) is 2.